The van der Waals surface area contributed by atoms with Gasteiger partial charge >= 0.3 is 0 Å². The van der Waals surface area contributed by atoms with Gasteiger partial charge in [0.05, 0.1) is 29.1 Å². The predicted octanol–water partition coefficient (Wildman–Crippen LogP) is 5.17. The maximum atomic E-state index is 13.1. The van der Waals surface area contributed by atoms with Crippen molar-refractivity contribution in [2.75, 3.05) is 9.62 Å². The first-order valence-corrected chi connectivity index (χ1v) is 12.1. The Balaban J connectivity index is 1.80. The average molecular weight is 462 g/mol. The Morgan fingerprint density at radius 2 is 1.61 bits per heavy atom. The molecule has 6 nitrogen and oxygen atoms in total. The van der Waals surface area contributed by atoms with E-state index in [-0.39, 0.29) is 12.5 Å². The Morgan fingerprint density at radius 1 is 0.970 bits per heavy atom. The summed E-state index contributed by atoms with van der Waals surface area (Å²) in [5.41, 5.74) is 5.08. The van der Waals surface area contributed by atoms with Crippen molar-refractivity contribution in [3.05, 3.63) is 94.5 Å². The highest BCUT2D eigenvalue weighted by atomic mass is 32.2. The fraction of sp³-hybridized carbons (Fsp3) is 0.231. The standard InChI is InChI=1S/C26H27N3O3S/c1-18(2)33(31,32)29(25-14-5-19(3)20(4)15-25)17-22-8-12-24(13-9-22)28-26(30)23-10-6-21(16-27)7-11-23/h5-15,18H,17H2,1-4H3,(H,28,30). The third-order valence-electron chi connectivity index (χ3n) is 5.50. The van der Waals surface area contributed by atoms with Gasteiger partial charge in [0.1, 0.15) is 0 Å². The molecule has 0 unspecified atom stereocenters. The van der Waals surface area contributed by atoms with E-state index in [0.717, 1.165) is 16.7 Å². The van der Waals surface area contributed by atoms with Gasteiger partial charge in [-0.2, -0.15) is 5.26 Å². The molecule has 0 bridgehead atoms. The number of hydrogen-bond donors (Lipinski definition) is 1. The Kier molecular flexibility index (Phi) is 7.19. The van der Waals surface area contributed by atoms with Crippen LogP contribution in [0.2, 0.25) is 0 Å². The molecule has 3 rings (SSSR count). The minimum absolute atomic E-state index is 0.187. The summed E-state index contributed by atoms with van der Waals surface area (Å²) in [6.07, 6.45) is 0. The van der Waals surface area contributed by atoms with Crippen LogP contribution in [0.3, 0.4) is 0 Å². The normalized spacial score (nSPS) is 11.2. The molecule has 3 aromatic rings. The Hall–Kier alpha value is -3.63. The van der Waals surface area contributed by atoms with E-state index >= 15 is 0 Å². The average Bonchev–Trinajstić information content (AvgIpc) is 2.80. The molecule has 7 heteroatoms. The number of nitriles is 1. The van der Waals surface area contributed by atoms with E-state index in [1.54, 1.807) is 62.4 Å². The number of nitrogens with zero attached hydrogens (tertiary/aromatic N) is 2. The van der Waals surface area contributed by atoms with Crippen LogP contribution in [0.4, 0.5) is 11.4 Å². The smallest absolute Gasteiger partial charge is 0.255 e. The third kappa shape index (κ3) is 5.60. The van der Waals surface area contributed by atoms with Crippen molar-refractivity contribution in [2.45, 2.75) is 39.5 Å². The summed E-state index contributed by atoms with van der Waals surface area (Å²) < 4.78 is 27.6. The number of nitrogens with one attached hydrogen (secondary N) is 1. The molecule has 0 aromatic heterocycles. The number of hydrogen-bond acceptors (Lipinski definition) is 4. The van der Waals surface area contributed by atoms with Crippen molar-refractivity contribution in [1.82, 2.24) is 0 Å². The van der Waals surface area contributed by atoms with Gasteiger partial charge in [-0.25, -0.2) is 8.42 Å². The van der Waals surface area contributed by atoms with Crippen LogP contribution < -0.4 is 9.62 Å². The number of amides is 1. The molecule has 3 aromatic carbocycles. The largest absolute Gasteiger partial charge is 0.322 e. The Labute approximate surface area is 195 Å². The van der Waals surface area contributed by atoms with Gasteiger partial charge in [-0.1, -0.05) is 18.2 Å². The minimum atomic E-state index is -3.55. The lowest BCUT2D eigenvalue weighted by Crippen LogP contribution is -2.36. The van der Waals surface area contributed by atoms with Crippen molar-refractivity contribution < 1.29 is 13.2 Å². The van der Waals surface area contributed by atoms with Gasteiger partial charge < -0.3 is 5.32 Å². The van der Waals surface area contributed by atoms with Crippen molar-refractivity contribution in [2.24, 2.45) is 0 Å². The first-order valence-electron chi connectivity index (χ1n) is 10.6. The van der Waals surface area contributed by atoms with Crippen LogP contribution in [-0.4, -0.2) is 19.6 Å². The van der Waals surface area contributed by atoms with Gasteiger partial charge in [-0.15, -0.1) is 0 Å². The van der Waals surface area contributed by atoms with Crippen LogP contribution in [-0.2, 0) is 16.6 Å². The van der Waals surface area contributed by atoms with Crippen molar-refractivity contribution in [3.63, 3.8) is 0 Å². The van der Waals surface area contributed by atoms with Gasteiger partial charge in [0.25, 0.3) is 5.91 Å². The second-order valence-electron chi connectivity index (χ2n) is 8.21. The number of rotatable bonds is 7. The van der Waals surface area contributed by atoms with E-state index in [9.17, 15) is 13.2 Å². The molecule has 170 valence electrons. The molecule has 0 heterocycles. The van der Waals surface area contributed by atoms with Crippen LogP contribution in [0.25, 0.3) is 0 Å². The van der Waals surface area contributed by atoms with Gasteiger partial charge in [-0.05, 0) is 92.9 Å². The third-order valence-corrected chi connectivity index (χ3v) is 7.64. The van der Waals surface area contributed by atoms with E-state index in [2.05, 4.69) is 5.32 Å². The van der Waals surface area contributed by atoms with Gasteiger partial charge in [-0.3, -0.25) is 9.10 Å². The lowest BCUT2D eigenvalue weighted by Gasteiger charge is -2.27. The Bertz CT molecular complexity index is 1290. The molecule has 0 atom stereocenters. The summed E-state index contributed by atoms with van der Waals surface area (Å²) in [5.74, 6) is -0.286. The first kappa shape index (κ1) is 24.0. The number of aryl methyl sites for hydroxylation is 2. The zero-order chi connectivity index (χ0) is 24.2. The maximum absolute atomic E-state index is 13.1. The van der Waals surface area contributed by atoms with E-state index in [4.69, 9.17) is 5.26 Å². The lowest BCUT2D eigenvalue weighted by atomic mass is 10.1. The topological polar surface area (TPSA) is 90.3 Å². The number of benzene rings is 3. The SMILES string of the molecule is Cc1ccc(N(Cc2ccc(NC(=O)c3ccc(C#N)cc3)cc2)S(=O)(=O)C(C)C)cc1C. The van der Waals surface area contributed by atoms with Crippen LogP contribution in [0.5, 0.6) is 0 Å². The predicted molar refractivity (Wildman–Crippen MR) is 132 cm³/mol. The fourth-order valence-electron chi connectivity index (χ4n) is 3.22. The zero-order valence-corrected chi connectivity index (χ0v) is 20.0. The van der Waals surface area contributed by atoms with E-state index in [0.29, 0.717) is 22.5 Å². The van der Waals surface area contributed by atoms with Crippen LogP contribution in [0, 0.1) is 25.2 Å². The highest BCUT2D eigenvalue weighted by Gasteiger charge is 2.26. The summed E-state index contributed by atoms with van der Waals surface area (Å²) in [4.78, 5) is 12.4. The molecular formula is C26H27N3O3S. The monoisotopic (exact) mass is 461 g/mol. The molecule has 1 N–H and O–H groups in total. The highest BCUT2D eigenvalue weighted by molar-refractivity contribution is 7.93. The maximum Gasteiger partial charge on any atom is 0.255 e. The van der Waals surface area contributed by atoms with Crippen LogP contribution >= 0.6 is 0 Å². The van der Waals surface area contributed by atoms with Crippen LogP contribution in [0.15, 0.2) is 66.7 Å². The van der Waals surface area contributed by atoms with E-state index in [1.165, 1.54) is 4.31 Å². The molecule has 0 fully saturated rings. The van der Waals surface area contributed by atoms with Crippen molar-refractivity contribution in [1.29, 1.82) is 5.26 Å². The molecular weight excluding hydrogens is 434 g/mol. The summed E-state index contributed by atoms with van der Waals surface area (Å²) in [6.45, 7) is 7.48. The summed E-state index contributed by atoms with van der Waals surface area (Å²) in [5, 5.41) is 11.1. The van der Waals surface area contributed by atoms with Crippen LogP contribution in [0.1, 0.15) is 46.5 Å². The van der Waals surface area contributed by atoms with Crippen molar-refractivity contribution >= 4 is 27.3 Å². The Morgan fingerprint density at radius 3 is 2.15 bits per heavy atom. The molecule has 0 radical (unpaired) electrons. The number of sulfonamides is 1. The lowest BCUT2D eigenvalue weighted by molar-refractivity contribution is 0.102. The van der Waals surface area contributed by atoms with Gasteiger partial charge in [0, 0.05) is 11.3 Å². The molecule has 1 amide bonds. The van der Waals surface area contributed by atoms with E-state index in [1.807, 2.05) is 38.1 Å². The van der Waals surface area contributed by atoms with E-state index < -0.39 is 15.3 Å². The quantitative estimate of drug-likeness (QED) is 0.525. The molecule has 0 saturated heterocycles. The highest BCUT2D eigenvalue weighted by Crippen LogP contribution is 2.26. The number of anilines is 2. The molecule has 0 saturated carbocycles. The van der Waals surface area contributed by atoms with Crippen molar-refractivity contribution in [3.8, 4) is 6.07 Å². The summed E-state index contributed by atoms with van der Waals surface area (Å²) >= 11 is 0. The molecule has 0 aliphatic carbocycles. The van der Waals surface area contributed by atoms with Gasteiger partial charge in [0.15, 0.2) is 0 Å². The summed E-state index contributed by atoms with van der Waals surface area (Å²) in [7, 11) is -3.55. The first-order chi connectivity index (χ1) is 15.6. The minimum Gasteiger partial charge on any atom is -0.322 e. The second-order valence-corrected chi connectivity index (χ2v) is 10.6. The molecule has 0 spiro atoms. The molecule has 33 heavy (non-hydrogen) atoms. The molecule has 0 aliphatic heterocycles. The number of carbonyl (C=O) groups excluding carboxylic acids is 1. The number of carbonyl (C=O) groups is 1. The van der Waals surface area contributed by atoms with Gasteiger partial charge in [0.2, 0.25) is 10.0 Å². The zero-order valence-electron chi connectivity index (χ0n) is 19.2. The summed E-state index contributed by atoms with van der Waals surface area (Å²) in [6, 6.07) is 21.1. The second kappa shape index (κ2) is 9.88. The fourth-order valence-corrected chi connectivity index (χ4v) is 4.47. The molecule has 0 aliphatic rings.